The van der Waals surface area contributed by atoms with E-state index in [0.717, 1.165) is 6.26 Å². The van der Waals surface area contributed by atoms with Crippen molar-refractivity contribution in [3.8, 4) is 0 Å². The van der Waals surface area contributed by atoms with Crippen LogP contribution in [0, 0.1) is 0 Å². The largest absolute Gasteiger partial charge is 0.479 e. The van der Waals surface area contributed by atoms with Gasteiger partial charge in [-0.05, 0) is 24.3 Å². The Hall–Kier alpha value is -2.13. The molecule has 1 rings (SSSR count). The molecule has 2 amide bonds. The minimum Gasteiger partial charge on any atom is -0.479 e. The average molecular weight is 302 g/mol. The maximum atomic E-state index is 11.4. The molecule has 0 aliphatic rings. The number of carbonyl (C=O) groups is 2. The Morgan fingerprint density at radius 1 is 1.25 bits per heavy atom. The number of aliphatic hydroxyl groups excluding tert-OH is 1. The Kier molecular flexibility index (Phi) is 5.06. The summed E-state index contributed by atoms with van der Waals surface area (Å²) in [5.74, 6) is -1.44. The third-order valence-corrected chi connectivity index (χ3v) is 3.41. The second kappa shape index (κ2) is 6.35. The fourth-order valence-electron chi connectivity index (χ4n) is 1.24. The molecule has 1 aromatic rings. The standard InChI is InChI=1S/C11H14N2O6S/c1-20(18,19)8-4-2-7(3-5-8)13-11(17)12-6-9(14)10(15)16/h2-5,9,14H,6H2,1H3,(H,15,16)(H2,12,13,17). The van der Waals surface area contributed by atoms with E-state index in [9.17, 15) is 18.0 Å². The van der Waals surface area contributed by atoms with Crippen molar-refractivity contribution in [3.63, 3.8) is 0 Å². The molecular weight excluding hydrogens is 288 g/mol. The monoisotopic (exact) mass is 302 g/mol. The lowest BCUT2D eigenvalue weighted by molar-refractivity contribution is -0.146. The van der Waals surface area contributed by atoms with Crippen molar-refractivity contribution in [2.24, 2.45) is 0 Å². The molecule has 0 saturated heterocycles. The summed E-state index contributed by atoms with van der Waals surface area (Å²) in [6.45, 7) is -0.442. The summed E-state index contributed by atoms with van der Waals surface area (Å²) >= 11 is 0. The first kappa shape index (κ1) is 15.9. The number of urea groups is 1. The lowest BCUT2D eigenvalue weighted by Crippen LogP contribution is -2.38. The van der Waals surface area contributed by atoms with Gasteiger partial charge in [-0.2, -0.15) is 0 Å². The minimum atomic E-state index is -3.31. The van der Waals surface area contributed by atoms with E-state index in [1.54, 1.807) is 0 Å². The molecule has 1 aromatic carbocycles. The summed E-state index contributed by atoms with van der Waals surface area (Å²) < 4.78 is 22.4. The number of anilines is 1. The normalized spacial score (nSPS) is 12.5. The van der Waals surface area contributed by atoms with Crippen LogP contribution in [0.15, 0.2) is 29.2 Å². The molecule has 0 aliphatic heterocycles. The highest BCUT2D eigenvalue weighted by molar-refractivity contribution is 7.90. The first-order valence-corrected chi connectivity index (χ1v) is 7.35. The van der Waals surface area contributed by atoms with E-state index >= 15 is 0 Å². The molecule has 1 unspecified atom stereocenters. The predicted molar refractivity (Wildman–Crippen MR) is 70.2 cm³/mol. The maximum Gasteiger partial charge on any atom is 0.334 e. The zero-order valence-electron chi connectivity index (χ0n) is 10.5. The van der Waals surface area contributed by atoms with Crippen LogP contribution in [0.5, 0.6) is 0 Å². The molecule has 0 heterocycles. The van der Waals surface area contributed by atoms with Crippen LogP contribution in [0.3, 0.4) is 0 Å². The van der Waals surface area contributed by atoms with Gasteiger partial charge in [-0.25, -0.2) is 18.0 Å². The predicted octanol–water partition coefficient (Wildman–Crippen LogP) is -0.343. The fraction of sp³-hybridized carbons (Fsp3) is 0.273. The molecule has 9 heteroatoms. The third kappa shape index (κ3) is 4.86. The molecule has 0 aromatic heterocycles. The van der Waals surface area contributed by atoms with Crippen molar-refractivity contribution in [1.82, 2.24) is 5.32 Å². The van der Waals surface area contributed by atoms with Gasteiger partial charge in [0, 0.05) is 11.9 Å². The first-order chi connectivity index (χ1) is 9.20. The zero-order valence-corrected chi connectivity index (χ0v) is 11.3. The number of benzene rings is 1. The Morgan fingerprint density at radius 3 is 2.25 bits per heavy atom. The van der Waals surface area contributed by atoms with Crippen molar-refractivity contribution >= 4 is 27.5 Å². The van der Waals surface area contributed by atoms with Crippen LogP contribution in [0.25, 0.3) is 0 Å². The van der Waals surface area contributed by atoms with E-state index in [0.29, 0.717) is 5.69 Å². The molecule has 0 spiro atoms. The summed E-state index contributed by atoms with van der Waals surface area (Å²) in [5.41, 5.74) is 0.333. The van der Waals surface area contributed by atoms with E-state index in [2.05, 4.69) is 10.6 Å². The van der Waals surface area contributed by atoms with Gasteiger partial charge in [0.25, 0.3) is 0 Å². The molecule has 0 saturated carbocycles. The number of hydrogen-bond donors (Lipinski definition) is 4. The molecule has 1 atom stereocenters. The van der Waals surface area contributed by atoms with Crippen LogP contribution < -0.4 is 10.6 Å². The topological polar surface area (TPSA) is 133 Å². The number of carbonyl (C=O) groups excluding carboxylic acids is 1. The number of nitrogens with one attached hydrogen (secondary N) is 2. The van der Waals surface area contributed by atoms with Crippen molar-refractivity contribution < 1.29 is 28.2 Å². The second-order valence-electron chi connectivity index (χ2n) is 3.99. The molecule has 4 N–H and O–H groups in total. The Morgan fingerprint density at radius 2 is 1.80 bits per heavy atom. The van der Waals surface area contributed by atoms with Crippen LogP contribution in [0.1, 0.15) is 0 Å². The van der Waals surface area contributed by atoms with E-state index in [1.807, 2.05) is 0 Å². The summed E-state index contributed by atoms with van der Waals surface area (Å²) in [6.07, 6.45) is -0.622. The van der Waals surface area contributed by atoms with Crippen LogP contribution in [-0.2, 0) is 14.6 Å². The van der Waals surface area contributed by atoms with Crippen LogP contribution in [0.4, 0.5) is 10.5 Å². The molecular formula is C11H14N2O6S. The van der Waals surface area contributed by atoms with Crippen molar-refractivity contribution in [1.29, 1.82) is 0 Å². The smallest absolute Gasteiger partial charge is 0.334 e. The number of hydrogen-bond acceptors (Lipinski definition) is 5. The molecule has 0 bridgehead atoms. The van der Waals surface area contributed by atoms with E-state index < -0.39 is 34.5 Å². The Balaban J connectivity index is 2.57. The highest BCUT2D eigenvalue weighted by Crippen LogP contribution is 2.13. The van der Waals surface area contributed by atoms with Crippen molar-refractivity contribution in [2.75, 3.05) is 18.1 Å². The second-order valence-corrected chi connectivity index (χ2v) is 6.00. The van der Waals surface area contributed by atoms with Gasteiger partial charge in [0.2, 0.25) is 0 Å². The average Bonchev–Trinajstić information content (AvgIpc) is 2.35. The molecule has 20 heavy (non-hydrogen) atoms. The van der Waals surface area contributed by atoms with Gasteiger partial charge < -0.3 is 20.8 Å². The van der Waals surface area contributed by atoms with Gasteiger partial charge in [0.1, 0.15) is 0 Å². The highest BCUT2D eigenvalue weighted by Gasteiger charge is 2.14. The lowest BCUT2D eigenvalue weighted by atomic mass is 10.3. The number of sulfone groups is 1. The number of aliphatic carboxylic acids is 1. The van der Waals surface area contributed by atoms with Gasteiger partial charge in [-0.3, -0.25) is 0 Å². The number of amides is 2. The first-order valence-electron chi connectivity index (χ1n) is 5.46. The maximum absolute atomic E-state index is 11.4. The van der Waals surface area contributed by atoms with Crippen LogP contribution >= 0.6 is 0 Å². The summed E-state index contributed by atoms with van der Waals surface area (Å²) in [4.78, 5) is 21.8. The van der Waals surface area contributed by atoms with Crippen LogP contribution in [0.2, 0.25) is 0 Å². The highest BCUT2D eigenvalue weighted by atomic mass is 32.2. The third-order valence-electron chi connectivity index (χ3n) is 2.28. The number of carboxylic acids is 1. The Labute approximate surface area is 115 Å². The molecule has 0 aliphatic carbocycles. The number of rotatable bonds is 5. The van der Waals surface area contributed by atoms with E-state index in [-0.39, 0.29) is 4.90 Å². The SMILES string of the molecule is CS(=O)(=O)c1ccc(NC(=O)NCC(O)C(=O)O)cc1. The Bertz CT molecular complexity index is 596. The zero-order chi connectivity index (χ0) is 15.3. The van der Waals surface area contributed by atoms with Gasteiger partial charge in [-0.15, -0.1) is 0 Å². The van der Waals surface area contributed by atoms with E-state index in [4.69, 9.17) is 10.2 Å². The van der Waals surface area contributed by atoms with E-state index in [1.165, 1.54) is 24.3 Å². The number of aliphatic hydroxyl groups is 1. The van der Waals surface area contributed by atoms with Gasteiger partial charge >= 0.3 is 12.0 Å². The van der Waals surface area contributed by atoms with Crippen molar-refractivity contribution in [3.05, 3.63) is 24.3 Å². The summed E-state index contributed by atoms with van der Waals surface area (Å²) in [7, 11) is -3.31. The minimum absolute atomic E-state index is 0.116. The fourth-order valence-corrected chi connectivity index (χ4v) is 1.87. The van der Waals surface area contributed by atoms with Gasteiger partial charge in [-0.1, -0.05) is 0 Å². The summed E-state index contributed by atoms with van der Waals surface area (Å²) in [5, 5.41) is 21.9. The lowest BCUT2D eigenvalue weighted by Gasteiger charge is -2.09. The quantitative estimate of drug-likeness (QED) is 0.588. The van der Waals surface area contributed by atoms with Crippen molar-refractivity contribution in [2.45, 2.75) is 11.0 Å². The van der Waals surface area contributed by atoms with Gasteiger partial charge in [0.15, 0.2) is 15.9 Å². The van der Waals surface area contributed by atoms with Gasteiger partial charge in [0.05, 0.1) is 11.4 Å². The number of carboxylic acid groups (broad SMARTS) is 1. The summed E-state index contributed by atoms with van der Waals surface area (Å²) in [6, 6.07) is 4.73. The molecule has 110 valence electrons. The van der Waals surface area contributed by atoms with Crippen LogP contribution in [-0.4, -0.2) is 49.5 Å². The molecule has 0 radical (unpaired) electrons. The molecule has 0 fully saturated rings. The molecule has 8 nitrogen and oxygen atoms in total.